The molecule has 2 unspecified atom stereocenters. The largest absolute Gasteiger partial charge is 0.481 e. The van der Waals surface area contributed by atoms with E-state index in [-0.39, 0.29) is 18.5 Å². The van der Waals surface area contributed by atoms with Crippen LogP contribution in [-0.2, 0) is 14.4 Å². The molecule has 2 atom stereocenters. The van der Waals surface area contributed by atoms with E-state index in [0.717, 1.165) is 0 Å². The Hall–Kier alpha value is -3.96. The summed E-state index contributed by atoms with van der Waals surface area (Å²) >= 11 is 0. The molecule has 0 aromatic heterocycles. The number of benzene rings is 2. The van der Waals surface area contributed by atoms with Gasteiger partial charge in [0, 0.05) is 24.7 Å². The Kier molecular flexibility index (Phi) is 9.20. The minimum Gasteiger partial charge on any atom is -0.481 e. The lowest BCUT2D eigenvalue weighted by Gasteiger charge is -2.25. The van der Waals surface area contributed by atoms with E-state index in [4.69, 9.17) is 0 Å². The molecule has 1 aliphatic heterocycles. The monoisotopic (exact) mass is 524 g/mol. The molecule has 8 nitrogen and oxygen atoms in total. The van der Waals surface area contributed by atoms with Crippen LogP contribution in [0.5, 0.6) is 5.75 Å². The number of nitrogens with one attached hydrogen (secondary N) is 1. The van der Waals surface area contributed by atoms with Gasteiger partial charge in [0.2, 0.25) is 17.5 Å². The topological polar surface area (TPSA) is 113 Å². The van der Waals surface area contributed by atoms with Gasteiger partial charge in [-0.1, -0.05) is 24.6 Å². The zero-order valence-electron chi connectivity index (χ0n) is 19.5. The lowest BCUT2D eigenvalue weighted by atomic mass is 10.0. The van der Waals surface area contributed by atoms with Gasteiger partial charge in [-0.2, -0.15) is 8.78 Å². The normalized spacial score (nSPS) is 16.4. The summed E-state index contributed by atoms with van der Waals surface area (Å²) in [4.78, 5) is 51.2. The SMILES string of the molecule is O=C(O)CC(NC(=O)C1CCCCN(C(=O)c2ccccc2)C1)C(=O)COc1c(F)c(F)cc(F)c1F. The van der Waals surface area contributed by atoms with Gasteiger partial charge in [-0.3, -0.25) is 19.2 Å². The van der Waals surface area contributed by atoms with Crippen molar-refractivity contribution >= 4 is 23.6 Å². The van der Waals surface area contributed by atoms with Gasteiger partial charge in [-0.25, -0.2) is 8.78 Å². The Morgan fingerprint density at radius 2 is 1.68 bits per heavy atom. The molecule has 0 spiro atoms. The first kappa shape index (κ1) is 27.6. The summed E-state index contributed by atoms with van der Waals surface area (Å²) < 4.78 is 59.0. The molecule has 1 fully saturated rings. The number of amides is 2. The van der Waals surface area contributed by atoms with Crippen LogP contribution in [0, 0.1) is 29.2 Å². The molecule has 198 valence electrons. The maximum absolute atomic E-state index is 13.8. The van der Waals surface area contributed by atoms with Crippen LogP contribution in [0.2, 0.25) is 0 Å². The van der Waals surface area contributed by atoms with Gasteiger partial charge in [0.1, 0.15) is 12.6 Å². The molecule has 37 heavy (non-hydrogen) atoms. The zero-order valence-corrected chi connectivity index (χ0v) is 19.5. The van der Waals surface area contributed by atoms with Crippen molar-refractivity contribution in [2.45, 2.75) is 31.7 Å². The van der Waals surface area contributed by atoms with Crippen LogP contribution in [0.15, 0.2) is 36.4 Å². The number of nitrogens with zero attached hydrogens (tertiary/aromatic N) is 1. The third-order valence-electron chi connectivity index (χ3n) is 5.86. The number of rotatable bonds is 9. The molecule has 1 heterocycles. The van der Waals surface area contributed by atoms with E-state index in [9.17, 15) is 41.8 Å². The van der Waals surface area contributed by atoms with Crippen molar-refractivity contribution in [1.82, 2.24) is 10.2 Å². The van der Waals surface area contributed by atoms with E-state index in [1.807, 2.05) is 0 Å². The van der Waals surface area contributed by atoms with Crippen LogP contribution >= 0.6 is 0 Å². The molecule has 1 saturated heterocycles. The van der Waals surface area contributed by atoms with Crippen LogP contribution in [-0.4, -0.2) is 59.3 Å². The first-order chi connectivity index (χ1) is 17.6. The van der Waals surface area contributed by atoms with Crippen LogP contribution in [0.3, 0.4) is 0 Å². The fourth-order valence-electron chi connectivity index (χ4n) is 3.94. The van der Waals surface area contributed by atoms with Gasteiger partial charge in [0.25, 0.3) is 5.91 Å². The van der Waals surface area contributed by atoms with E-state index in [1.165, 1.54) is 4.90 Å². The molecule has 0 bridgehead atoms. The van der Waals surface area contributed by atoms with Crippen molar-refractivity contribution in [3.05, 3.63) is 65.2 Å². The van der Waals surface area contributed by atoms with Crippen molar-refractivity contribution in [2.75, 3.05) is 19.7 Å². The Morgan fingerprint density at radius 3 is 2.30 bits per heavy atom. The van der Waals surface area contributed by atoms with Gasteiger partial charge in [-0.05, 0) is 25.0 Å². The molecule has 0 saturated carbocycles. The van der Waals surface area contributed by atoms with Crippen LogP contribution in [0.4, 0.5) is 17.6 Å². The number of likely N-dealkylation sites (tertiary alicyclic amines) is 1. The van der Waals surface area contributed by atoms with E-state index in [1.54, 1.807) is 30.3 Å². The lowest BCUT2D eigenvalue weighted by molar-refractivity contribution is -0.141. The standard InChI is InChI=1S/C25H24F4N2O6/c26-16-10-17(27)22(29)23(21(16)28)37-13-19(32)18(11-20(33)34)30-24(35)15-8-4-5-9-31(12-15)25(36)14-6-2-1-3-7-14/h1-3,6-7,10,15,18H,4-5,8-9,11-13H2,(H,30,35)(H,33,34). The zero-order chi connectivity index (χ0) is 27.1. The van der Waals surface area contributed by atoms with Gasteiger partial charge in [0.05, 0.1) is 12.3 Å². The lowest BCUT2D eigenvalue weighted by Crippen LogP contribution is -2.48. The average molecular weight is 524 g/mol. The number of Topliss-reactive ketones (excluding diaryl/α,β-unsaturated/α-hetero) is 1. The predicted octanol–water partition coefficient (Wildman–Crippen LogP) is 3.09. The van der Waals surface area contributed by atoms with Gasteiger partial charge in [0.15, 0.2) is 23.2 Å². The number of carbonyl (C=O) groups is 4. The molecule has 1 aliphatic rings. The van der Waals surface area contributed by atoms with Gasteiger partial charge >= 0.3 is 5.97 Å². The average Bonchev–Trinajstić information content (AvgIpc) is 3.13. The first-order valence-electron chi connectivity index (χ1n) is 11.4. The fraction of sp³-hybridized carbons (Fsp3) is 0.360. The number of carboxylic acid groups (broad SMARTS) is 1. The molecule has 12 heteroatoms. The highest BCUT2D eigenvalue weighted by Gasteiger charge is 2.32. The predicted molar refractivity (Wildman–Crippen MR) is 121 cm³/mol. The highest BCUT2D eigenvalue weighted by Crippen LogP contribution is 2.26. The third kappa shape index (κ3) is 7.05. The summed E-state index contributed by atoms with van der Waals surface area (Å²) in [5.74, 6) is -13.0. The summed E-state index contributed by atoms with van der Waals surface area (Å²) in [6.07, 6.45) is 0.722. The van der Waals surface area contributed by atoms with Crippen molar-refractivity contribution in [3.63, 3.8) is 0 Å². The summed E-state index contributed by atoms with van der Waals surface area (Å²) in [5, 5.41) is 11.5. The van der Waals surface area contributed by atoms with Crippen molar-refractivity contribution in [1.29, 1.82) is 0 Å². The minimum atomic E-state index is -1.87. The minimum absolute atomic E-state index is 0.0308. The summed E-state index contributed by atoms with van der Waals surface area (Å²) in [6.45, 7) is -0.731. The number of carboxylic acids is 1. The smallest absolute Gasteiger partial charge is 0.305 e. The van der Waals surface area contributed by atoms with E-state index < -0.39 is 71.7 Å². The molecular weight excluding hydrogens is 500 g/mol. The molecule has 3 rings (SSSR count). The fourth-order valence-corrected chi connectivity index (χ4v) is 3.94. The maximum Gasteiger partial charge on any atom is 0.305 e. The maximum atomic E-state index is 13.8. The quantitative estimate of drug-likeness (QED) is 0.385. The number of aliphatic carboxylic acids is 1. The number of ketones is 1. The highest BCUT2D eigenvalue weighted by molar-refractivity contribution is 5.95. The second kappa shape index (κ2) is 12.3. The molecule has 2 N–H and O–H groups in total. The van der Waals surface area contributed by atoms with Crippen LogP contribution < -0.4 is 10.1 Å². The highest BCUT2D eigenvalue weighted by atomic mass is 19.2. The van der Waals surface area contributed by atoms with Gasteiger partial charge in [-0.15, -0.1) is 0 Å². The van der Waals surface area contributed by atoms with E-state index in [0.29, 0.717) is 31.4 Å². The van der Waals surface area contributed by atoms with Crippen molar-refractivity contribution in [2.24, 2.45) is 5.92 Å². The number of hydrogen-bond donors (Lipinski definition) is 2. The van der Waals surface area contributed by atoms with E-state index >= 15 is 0 Å². The molecule has 2 aromatic carbocycles. The number of halogens is 4. The van der Waals surface area contributed by atoms with E-state index in [2.05, 4.69) is 10.1 Å². The third-order valence-corrected chi connectivity index (χ3v) is 5.86. The molecular formula is C25H24F4N2O6. The number of ether oxygens (including phenoxy) is 1. The first-order valence-corrected chi connectivity index (χ1v) is 11.4. The Balaban J connectivity index is 1.69. The molecule has 2 amide bonds. The van der Waals surface area contributed by atoms with Crippen LogP contribution in [0.25, 0.3) is 0 Å². The number of carbonyl (C=O) groups excluding carboxylic acids is 3. The molecule has 2 aromatic rings. The van der Waals surface area contributed by atoms with Crippen LogP contribution in [0.1, 0.15) is 36.0 Å². The second-order valence-corrected chi connectivity index (χ2v) is 8.52. The summed E-state index contributed by atoms with van der Waals surface area (Å²) in [5.41, 5.74) is 0.438. The summed E-state index contributed by atoms with van der Waals surface area (Å²) in [6, 6.07) is 6.75. The summed E-state index contributed by atoms with van der Waals surface area (Å²) in [7, 11) is 0. The van der Waals surface area contributed by atoms with Crippen molar-refractivity contribution in [3.8, 4) is 5.75 Å². The second-order valence-electron chi connectivity index (χ2n) is 8.52. The van der Waals surface area contributed by atoms with Crippen molar-refractivity contribution < 1.29 is 46.6 Å². The number of hydrogen-bond acceptors (Lipinski definition) is 5. The van der Waals surface area contributed by atoms with Gasteiger partial charge < -0.3 is 20.1 Å². The Labute approximate surface area is 209 Å². The Bertz CT molecular complexity index is 1150. The Morgan fingerprint density at radius 1 is 1.03 bits per heavy atom. The molecule has 0 radical (unpaired) electrons. The molecule has 0 aliphatic carbocycles.